The molecule has 1 N–H and O–H groups in total. The molecule has 0 bridgehead atoms. The van der Waals surface area contributed by atoms with Gasteiger partial charge < -0.3 is 14.9 Å². The van der Waals surface area contributed by atoms with E-state index in [9.17, 15) is 18.7 Å². The predicted octanol–water partition coefficient (Wildman–Crippen LogP) is 4.58. The van der Waals surface area contributed by atoms with Crippen LogP contribution in [-0.2, 0) is 10.4 Å². The Hall–Kier alpha value is -3.32. The molecule has 0 radical (unpaired) electrons. The summed E-state index contributed by atoms with van der Waals surface area (Å²) in [5.41, 5.74) is 0.147. The second kappa shape index (κ2) is 9.62. The molecule has 2 saturated heterocycles. The van der Waals surface area contributed by atoms with E-state index in [1.165, 1.54) is 12.1 Å². The average molecular weight is 492 g/mol. The Labute approximate surface area is 210 Å². The van der Waals surface area contributed by atoms with Gasteiger partial charge in [-0.2, -0.15) is 0 Å². The molecular formula is C29H31F2N3O2. The van der Waals surface area contributed by atoms with Gasteiger partial charge in [0.2, 0.25) is 5.91 Å². The molecule has 2 aliphatic heterocycles. The second-order valence-corrected chi connectivity index (χ2v) is 10.2. The summed E-state index contributed by atoms with van der Waals surface area (Å²) < 4.78 is 28.6. The summed E-state index contributed by atoms with van der Waals surface area (Å²) in [6, 6.07) is 18.8. The minimum Gasteiger partial charge on any atom is -0.384 e. The fraction of sp³-hybridized carbons (Fsp3) is 0.379. The van der Waals surface area contributed by atoms with Crippen LogP contribution in [0.1, 0.15) is 30.9 Å². The van der Waals surface area contributed by atoms with E-state index in [4.69, 9.17) is 0 Å². The Balaban J connectivity index is 1.43. The van der Waals surface area contributed by atoms with E-state index in [2.05, 4.69) is 4.98 Å². The molecule has 0 spiro atoms. The number of piperidine rings is 1. The molecule has 188 valence electrons. The first-order chi connectivity index (χ1) is 17.3. The summed E-state index contributed by atoms with van der Waals surface area (Å²) >= 11 is 0. The van der Waals surface area contributed by atoms with Gasteiger partial charge in [-0.1, -0.05) is 56.3 Å². The van der Waals surface area contributed by atoms with Crippen LogP contribution in [0.3, 0.4) is 0 Å². The number of hydrogen-bond donors (Lipinski definition) is 1. The van der Waals surface area contributed by atoms with Crippen LogP contribution in [0.5, 0.6) is 0 Å². The summed E-state index contributed by atoms with van der Waals surface area (Å²) in [5, 5.41) is 11.7. The van der Waals surface area contributed by atoms with E-state index >= 15 is 0 Å². The van der Waals surface area contributed by atoms with Crippen LogP contribution in [-0.4, -0.2) is 47.1 Å². The van der Waals surface area contributed by atoms with E-state index in [1.54, 1.807) is 6.20 Å². The van der Waals surface area contributed by atoms with Crippen molar-refractivity contribution in [1.82, 2.24) is 9.88 Å². The molecule has 7 heteroatoms. The maximum atomic E-state index is 14.9. The Kier molecular flexibility index (Phi) is 6.51. The SMILES string of the molecule is C[C@@H]1CN(C(=O)[C@H]2CN(c3ccccn3)C[C@@H]2c2ccc(F)cc2F)C[C@H](C)C1(O)c1ccccc1. The number of pyridine rings is 1. The Morgan fingerprint density at radius 2 is 1.64 bits per heavy atom. The lowest BCUT2D eigenvalue weighted by Gasteiger charge is -2.48. The van der Waals surface area contributed by atoms with Crippen LogP contribution in [0.15, 0.2) is 72.9 Å². The van der Waals surface area contributed by atoms with Gasteiger partial charge in [0.15, 0.2) is 0 Å². The van der Waals surface area contributed by atoms with Crippen LogP contribution >= 0.6 is 0 Å². The summed E-state index contributed by atoms with van der Waals surface area (Å²) in [4.78, 5) is 22.2. The zero-order valence-corrected chi connectivity index (χ0v) is 20.5. The van der Waals surface area contributed by atoms with E-state index in [0.717, 1.165) is 17.4 Å². The number of benzene rings is 2. The van der Waals surface area contributed by atoms with Gasteiger partial charge in [0.05, 0.1) is 11.5 Å². The maximum absolute atomic E-state index is 14.9. The number of rotatable bonds is 4. The molecule has 2 aliphatic rings. The van der Waals surface area contributed by atoms with Crippen molar-refractivity contribution in [1.29, 1.82) is 0 Å². The number of halogens is 2. The normalized spacial score (nSPS) is 28.4. The third-order valence-electron chi connectivity index (χ3n) is 8.01. The van der Waals surface area contributed by atoms with Crippen molar-refractivity contribution in [3.8, 4) is 0 Å². The molecule has 2 fully saturated rings. The summed E-state index contributed by atoms with van der Waals surface area (Å²) in [6.45, 7) is 5.52. The van der Waals surface area contributed by atoms with Crippen LogP contribution < -0.4 is 4.90 Å². The zero-order valence-electron chi connectivity index (χ0n) is 20.5. The van der Waals surface area contributed by atoms with Crippen molar-refractivity contribution in [3.63, 3.8) is 0 Å². The van der Waals surface area contributed by atoms with Gasteiger partial charge in [0, 0.05) is 56.2 Å². The quantitative estimate of drug-likeness (QED) is 0.581. The smallest absolute Gasteiger partial charge is 0.228 e. The molecule has 1 unspecified atom stereocenters. The minimum atomic E-state index is -1.05. The number of aromatic nitrogens is 1. The average Bonchev–Trinajstić information content (AvgIpc) is 3.32. The van der Waals surface area contributed by atoms with Gasteiger partial charge in [-0.05, 0) is 29.3 Å². The highest BCUT2D eigenvalue weighted by atomic mass is 19.1. The number of likely N-dealkylation sites (tertiary alicyclic amines) is 1. The summed E-state index contributed by atoms with van der Waals surface area (Å²) in [7, 11) is 0. The van der Waals surface area contributed by atoms with Gasteiger partial charge in [0.25, 0.3) is 0 Å². The van der Waals surface area contributed by atoms with Crippen molar-refractivity contribution in [2.24, 2.45) is 17.8 Å². The van der Waals surface area contributed by atoms with Crippen LogP contribution in [0, 0.1) is 29.4 Å². The maximum Gasteiger partial charge on any atom is 0.228 e. The number of carbonyl (C=O) groups excluding carboxylic acids is 1. The first-order valence-corrected chi connectivity index (χ1v) is 12.5. The summed E-state index contributed by atoms with van der Waals surface area (Å²) in [6.07, 6.45) is 1.69. The molecule has 1 aromatic heterocycles. The third kappa shape index (κ3) is 4.26. The highest BCUT2D eigenvalue weighted by molar-refractivity contribution is 5.82. The number of carbonyl (C=O) groups is 1. The van der Waals surface area contributed by atoms with Crippen molar-refractivity contribution < 1.29 is 18.7 Å². The topological polar surface area (TPSA) is 56.7 Å². The van der Waals surface area contributed by atoms with E-state index < -0.39 is 29.1 Å². The Bertz CT molecular complexity index is 1210. The monoisotopic (exact) mass is 491 g/mol. The van der Waals surface area contributed by atoms with Crippen molar-refractivity contribution >= 4 is 11.7 Å². The number of anilines is 1. The lowest BCUT2D eigenvalue weighted by molar-refractivity contribution is -0.152. The lowest BCUT2D eigenvalue weighted by atomic mass is 9.70. The molecule has 3 aromatic rings. The standard InChI is InChI=1S/C29H31F2N3O2/c1-19-15-34(16-20(2)29(19,36)21-8-4-3-5-9-21)28(35)25-18-33(27-10-6-7-13-32-27)17-24(25)23-12-11-22(30)14-26(23)31/h3-14,19-20,24-25,36H,15-18H2,1-2H3/t19-,20+,24-,25+,29?/m1/s1. The second-order valence-electron chi connectivity index (χ2n) is 10.2. The molecule has 0 aliphatic carbocycles. The zero-order chi connectivity index (χ0) is 25.4. The van der Waals surface area contributed by atoms with Crippen molar-refractivity contribution in [2.75, 3.05) is 31.1 Å². The molecule has 0 saturated carbocycles. The third-order valence-corrected chi connectivity index (χ3v) is 8.01. The van der Waals surface area contributed by atoms with Gasteiger partial charge >= 0.3 is 0 Å². The first kappa shape index (κ1) is 24.4. The number of hydrogen-bond acceptors (Lipinski definition) is 4. The summed E-state index contributed by atoms with van der Waals surface area (Å²) in [5.74, 6) is -1.98. The van der Waals surface area contributed by atoms with E-state index in [1.807, 2.05) is 72.2 Å². The minimum absolute atomic E-state index is 0.0732. The van der Waals surface area contributed by atoms with Crippen LogP contribution in [0.4, 0.5) is 14.6 Å². The van der Waals surface area contributed by atoms with E-state index in [0.29, 0.717) is 31.7 Å². The van der Waals surface area contributed by atoms with Gasteiger partial charge in [-0.25, -0.2) is 13.8 Å². The number of aliphatic hydroxyl groups is 1. The van der Waals surface area contributed by atoms with Gasteiger partial charge in [-0.3, -0.25) is 4.79 Å². The van der Waals surface area contributed by atoms with Crippen LogP contribution in [0.2, 0.25) is 0 Å². The van der Waals surface area contributed by atoms with Crippen molar-refractivity contribution in [3.05, 3.63) is 95.7 Å². The van der Waals surface area contributed by atoms with Crippen molar-refractivity contribution in [2.45, 2.75) is 25.4 Å². The molecule has 1 amide bonds. The van der Waals surface area contributed by atoms with Crippen LogP contribution in [0.25, 0.3) is 0 Å². The molecule has 5 atom stereocenters. The number of nitrogens with zero attached hydrogens (tertiary/aromatic N) is 3. The highest BCUT2D eigenvalue weighted by Gasteiger charge is 2.49. The molecule has 3 heterocycles. The lowest BCUT2D eigenvalue weighted by Crippen LogP contribution is -2.57. The number of amides is 1. The fourth-order valence-electron chi connectivity index (χ4n) is 6.09. The van der Waals surface area contributed by atoms with Gasteiger partial charge in [0.1, 0.15) is 17.5 Å². The molecule has 5 nitrogen and oxygen atoms in total. The van der Waals surface area contributed by atoms with Gasteiger partial charge in [-0.15, -0.1) is 0 Å². The van der Waals surface area contributed by atoms with E-state index in [-0.39, 0.29) is 17.7 Å². The molecule has 36 heavy (non-hydrogen) atoms. The predicted molar refractivity (Wildman–Crippen MR) is 134 cm³/mol. The molecular weight excluding hydrogens is 460 g/mol. The first-order valence-electron chi connectivity index (χ1n) is 12.5. The fourth-order valence-corrected chi connectivity index (χ4v) is 6.09. The molecule has 2 aromatic carbocycles. The largest absolute Gasteiger partial charge is 0.384 e. The Morgan fingerprint density at radius 3 is 2.28 bits per heavy atom. The molecule has 5 rings (SSSR count). The Morgan fingerprint density at radius 1 is 0.944 bits per heavy atom. The highest BCUT2D eigenvalue weighted by Crippen LogP contribution is 2.43.